The summed E-state index contributed by atoms with van der Waals surface area (Å²) in [5.41, 5.74) is 0.0273. The highest BCUT2D eigenvalue weighted by molar-refractivity contribution is 5.97. The third kappa shape index (κ3) is 4.13. The topological polar surface area (TPSA) is 95.7 Å². The fraction of sp³-hybridized carbons (Fsp3) is 0.286. The maximum absolute atomic E-state index is 11.5. The third-order valence-corrected chi connectivity index (χ3v) is 2.59. The summed E-state index contributed by atoms with van der Waals surface area (Å²) in [5.74, 6) is -0.929. The van der Waals surface area contributed by atoms with Crippen LogP contribution in [0.3, 0.4) is 0 Å². The van der Waals surface area contributed by atoms with E-state index in [4.69, 9.17) is 4.74 Å². The van der Waals surface area contributed by atoms with Crippen LogP contribution in [0.1, 0.15) is 29.8 Å². The number of esters is 1. The predicted octanol–water partition coefficient (Wildman–Crippen LogP) is 2.08. The van der Waals surface area contributed by atoms with E-state index in [1.165, 1.54) is 32.2 Å². The summed E-state index contributed by atoms with van der Waals surface area (Å²) >= 11 is 0. The maximum Gasteiger partial charge on any atom is 0.409 e. The molecule has 0 aliphatic rings. The summed E-state index contributed by atoms with van der Waals surface area (Å²) in [5, 5.41) is 10.9. The quantitative estimate of drug-likeness (QED) is 0.262. The number of nitro groups is 1. The summed E-state index contributed by atoms with van der Waals surface area (Å²) in [4.78, 5) is 33.0. The van der Waals surface area contributed by atoms with Crippen LogP contribution in [-0.2, 0) is 9.53 Å². The second-order valence-electron chi connectivity index (χ2n) is 4.02. The van der Waals surface area contributed by atoms with Gasteiger partial charge in [0.25, 0.3) is 0 Å². The van der Waals surface area contributed by atoms with E-state index in [0.29, 0.717) is 11.1 Å². The molecular formula is C14H15NO6. The molecule has 1 rings (SSSR count). The van der Waals surface area contributed by atoms with Gasteiger partial charge in [0.1, 0.15) is 5.75 Å². The lowest BCUT2D eigenvalue weighted by atomic mass is 10.1. The first-order valence-corrected chi connectivity index (χ1v) is 6.12. The first-order valence-electron chi connectivity index (χ1n) is 6.12. The molecule has 0 N–H and O–H groups in total. The van der Waals surface area contributed by atoms with Gasteiger partial charge in [0, 0.05) is 6.08 Å². The smallest absolute Gasteiger partial charge is 0.409 e. The lowest BCUT2D eigenvalue weighted by molar-refractivity contribution is -0.419. The largest absolute Gasteiger partial charge is 0.496 e. The standard InChI is InChI=1S/C14H15NO6/c1-4-21-14(17)12(15(18)19)7-10-5-6-11(9(2)16)13(8-10)20-3/h5-8H,4H2,1-3H3. The van der Waals surface area contributed by atoms with Gasteiger partial charge < -0.3 is 9.47 Å². The number of nitrogens with zero attached hydrogens (tertiary/aromatic N) is 1. The van der Waals surface area contributed by atoms with E-state index in [2.05, 4.69) is 4.74 Å². The molecule has 7 heteroatoms. The molecular weight excluding hydrogens is 278 g/mol. The number of Topliss-reactive ketones (excluding diaryl/α,β-unsaturated/α-hetero) is 1. The first-order chi connectivity index (χ1) is 9.90. The van der Waals surface area contributed by atoms with Crippen LogP contribution in [-0.4, -0.2) is 30.4 Å². The fourth-order valence-electron chi connectivity index (χ4n) is 1.64. The molecule has 112 valence electrons. The van der Waals surface area contributed by atoms with Gasteiger partial charge in [0.05, 0.1) is 24.2 Å². The van der Waals surface area contributed by atoms with Crippen LogP contribution in [0.5, 0.6) is 5.75 Å². The molecule has 1 aromatic carbocycles. The number of hydrogen-bond acceptors (Lipinski definition) is 6. The minimum absolute atomic E-state index is 0.0383. The van der Waals surface area contributed by atoms with Gasteiger partial charge in [0.15, 0.2) is 5.78 Å². The average molecular weight is 293 g/mol. The Morgan fingerprint density at radius 1 is 1.38 bits per heavy atom. The van der Waals surface area contributed by atoms with Crippen LogP contribution in [0.25, 0.3) is 6.08 Å². The van der Waals surface area contributed by atoms with E-state index >= 15 is 0 Å². The second-order valence-corrected chi connectivity index (χ2v) is 4.02. The SMILES string of the molecule is CCOC(=O)C(=Cc1ccc(C(C)=O)c(OC)c1)[N+](=O)[O-]. The average Bonchev–Trinajstić information content (AvgIpc) is 2.44. The molecule has 0 heterocycles. The zero-order valence-corrected chi connectivity index (χ0v) is 11.9. The molecule has 0 aliphatic heterocycles. The zero-order chi connectivity index (χ0) is 16.0. The van der Waals surface area contributed by atoms with Gasteiger partial charge in [-0.15, -0.1) is 0 Å². The summed E-state index contributed by atoms with van der Waals surface area (Å²) in [6.07, 6.45) is 1.07. The van der Waals surface area contributed by atoms with Crippen LogP contribution >= 0.6 is 0 Å². The predicted molar refractivity (Wildman–Crippen MR) is 74.6 cm³/mol. The van der Waals surface area contributed by atoms with E-state index in [-0.39, 0.29) is 18.1 Å². The number of ether oxygens (including phenoxy) is 2. The van der Waals surface area contributed by atoms with Crippen molar-refractivity contribution in [1.82, 2.24) is 0 Å². The van der Waals surface area contributed by atoms with Crippen LogP contribution in [0, 0.1) is 10.1 Å². The van der Waals surface area contributed by atoms with Crippen molar-refractivity contribution >= 4 is 17.8 Å². The lowest BCUT2D eigenvalue weighted by Gasteiger charge is -2.06. The molecule has 0 aromatic heterocycles. The highest BCUT2D eigenvalue weighted by atomic mass is 16.6. The minimum atomic E-state index is -1.02. The van der Waals surface area contributed by atoms with Gasteiger partial charge in [-0.2, -0.15) is 0 Å². The van der Waals surface area contributed by atoms with Crippen molar-refractivity contribution in [3.8, 4) is 5.75 Å². The normalized spacial score (nSPS) is 10.9. The Kier molecular flexibility index (Phi) is 5.59. The Balaban J connectivity index is 3.25. The number of methoxy groups -OCH3 is 1. The molecule has 0 saturated carbocycles. The Morgan fingerprint density at radius 3 is 2.52 bits per heavy atom. The van der Waals surface area contributed by atoms with E-state index in [0.717, 1.165) is 6.08 Å². The Morgan fingerprint density at radius 2 is 2.05 bits per heavy atom. The van der Waals surface area contributed by atoms with Gasteiger partial charge in [-0.25, -0.2) is 4.79 Å². The fourth-order valence-corrected chi connectivity index (χ4v) is 1.64. The van der Waals surface area contributed by atoms with Crippen LogP contribution in [0.2, 0.25) is 0 Å². The molecule has 0 spiro atoms. The summed E-state index contributed by atoms with van der Waals surface area (Å²) in [7, 11) is 1.38. The van der Waals surface area contributed by atoms with Crippen molar-refractivity contribution < 1.29 is 24.0 Å². The number of carbonyl (C=O) groups is 2. The number of carbonyl (C=O) groups excluding carboxylic acids is 2. The summed E-state index contributed by atoms with van der Waals surface area (Å²) in [6, 6.07) is 4.41. The van der Waals surface area contributed by atoms with Gasteiger partial charge >= 0.3 is 11.7 Å². The minimum Gasteiger partial charge on any atom is -0.496 e. The molecule has 0 radical (unpaired) electrons. The highest BCUT2D eigenvalue weighted by Crippen LogP contribution is 2.22. The molecule has 21 heavy (non-hydrogen) atoms. The number of ketones is 1. The first kappa shape index (κ1) is 16.4. The molecule has 0 fully saturated rings. The Labute approximate surface area is 121 Å². The van der Waals surface area contributed by atoms with Crippen molar-refractivity contribution in [2.45, 2.75) is 13.8 Å². The van der Waals surface area contributed by atoms with Crippen LogP contribution < -0.4 is 4.74 Å². The Hall–Kier alpha value is -2.70. The van der Waals surface area contributed by atoms with Crippen molar-refractivity contribution in [3.63, 3.8) is 0 Å². The molecule has 0 amide bonds. The van der Waals surface area contributed by atoms with E-state index in [1.807, 2.05) is 0 Å². The molecule has 0 saturated heterocycles. The molecule has 7 nitrogen and oxygen atoms in total. The monoisotopic (exact) mass is 293 g/mol. The molecule has 0 bridgehead atoms. The van der Waals surface area contributed by atoms with E-state index < -0.39 is 16.6 Å². The lowest BCUT2D eigenvalue weighted by Crippen LogP contribution is -2.14. The Bertz CT molecular complexity index is 605. The summed E-state index contributed by atoms with van der Waals surface area (Å²) < 4.78 is 9.68. The number of rotatable bonds is 6. The van der Waals surface area contributed by atoms with E-state index in [9.17, 15) is 19.7 Å². The maximum atomic E-state index is 11.5. The summed E-state index contributed by atoms with van der Waals surface area (Å²) in [6.45, 7) is 2.98. The van der Waals surface area contributed by atoms with Gasteiger partial charge in [-0.3, -0.25) is 14.9 Å². The number of hydrogen-bond donors (Lipinski definition) is 0. The van der Waals surface area contributed by atoms with E-state index in [1.54, 1.807) is 6.92 Å². The molecule has 0 atom stereocenters. The molecule has 0 unspecified atom stereocenters. The zero-order valence-electron chi connectivity index (χ0n) is 11.9. The van der Waals surface area contributed by atoms with Crippen molar-refractivity contribution in [2.75, 3.05) is 13.7 Å². The molecule has 1 aromatic rings. The van der Waals surface area contributed by atoms with Gasteiger partial charge in [-0.05, 0) is 31.5 Å². The highest BCUT2D eigenvalue weighted by Gasteiger charge is 2.23. The van der Waals surface area contributed by atoms with Crippen LogP contribution in [0.15, 0.2) is 23.9 Å². The number of benzene rings is 1. The third-order valence-electron chi connectivity index (χ3n) is 2.59. The van der Waals surface area contributed by atoms with Crippen molar-refractivity contribution in [3.05, 3.63) is 45.1 Å². The van der Waals surface area contributed by atoms with Gasteiger partial charge in [0.2, 0.25) is 0 Å². The molecule has 0 aliphatic carbocycles. The second kappa shape index (κ2) is 7.18. The van der Waals surface area contributed by atoms with Crippen molar-refractivity contribution in [1.29, 1.82) is 0 Å². The van der Waals surface area contributed by atoms with Crippen molar-refractivity contribution in [2.24, 2.45) is 0 Å². The van der Waals surface area contributed by atoms with Crippen LogP contribution in [0.4, 0.5) is 0 Å². The van der Waals surface area contributed by atoms with Gasteiger partial charge in [-0.1, -0.05) is 6.07 Å².